The normalized spacial score (nSPS) is 44.7. The van der Waals surface area contributed by atoms with Crippen LogP contribution in [0, 0.1) is 5.92 Å². The van der Waals surface area contributed by atoms with Crippen LogP contribution in [0.25, 0.3) is 0 Å². The highest BCUT2D eigenvalue weighted by molar-refractivity contribution is 8.00. The molecule has 2 nitrogen and oxygen atoms in total. The Hall–Kier alpha value is 0.270. The summed E-state index contributed by atoms with van der Waals surface area (Å²) in [6.07, 6.45) is 1.22. The monoisotopic (exact) mass is 173 g/mol. The van der Waals surface area contributed by atoms with Gasteiger partial charge in [0.25, 0.3) is 0 Å². The van der Waals surface area contributed by atoms with E-state index in [9.17, 15) is 0 Å². The van der Waals surface area contributed by atoms with Gasteiger partial charge in [0.2, 0.25) is 0 Å². The molecule has 2 fully saturated rings. The highest BCUT2D eigenvalue weighted by atomic mass is 32.2. The van der Waals surface area contributed by atoms with Gasteiger partial charge in [-0.3, -0.25) is 4.90 Å². The molecule has 0 amide bonds. The van der Waals surface area contributed by atoms with E-state index in [0.717, 1.165) is 0 Å². The molecular weight excluding hydrogens is 158 g/mol. The van der Waals surface area contributed by atoms with Crippen LogP contribution in [-0.2, 0) is 0 Å². The van der Waals surface area contributed by atoms with E-state index in [0.29, 0.717) is 23.9 Å². The third-order valence-corrected chi connectivity index (χ3v) is 3.89. The first-order valence-electron chi connectivity index (χ1n) is 4.31. The van der Waals surface area contributed by atoms with Crippen LogP contribution >= 0.6 is 11.8 Å². The highest BCUT2D eigenvalue weighted by Crippen LogP contribution is 2.40. The smallest absolute Gasteiger partial charge is 0.0532 e. The third kappa shape index (κ3) is 1.42. The second-order valence-corrected chi connectivity index (χ2v) is 4.88. The molecule has 3 unspecified atom stereocenters. The van der Waals surface area contributed by atoms with Crippen LogP contribution < -0.4 is 0 Å². The maximum absolute atomic E-state index is 8.89. The van der Waals surface area contributed by atoms with Gasteiger partial charge in [-0.25, -0.2) is 0 Å². The summed E-state index contributed by atoms with van der Waals surface area (Å²) in [6, 6.07) is 0.713. The Labute approximate surface area is 72.0 Å². The molecular formula is C8H15NOS. The Morgan fingerprint density at radius 1 is 1.64 bits per heavy atom. The minimum absolute atomic E-state index is 0.387. The van der Waals surface area contributed by atoms with E-state index in [-0.39, 0.29) is 0 Å². The van der Waals surface area contributed by atoms with Crippen LogP contribution in [0.3, 0.4) is 0 Å². The molecule has 1 saturated carbocycles. The van der Waals surface area contributed by atoms with Gasteiger partial charge in [0.1, 0.15) is 0 Å². The maximum atomic E-state index is 8.89. The molecule has 1 heterocycles. The molecule has 1 aliphatic carbocycles. The number of aliphatic hydroxyl groups excluding tert-OH is 1. The summed E-state index contributed by atoms with van der Waals surface area (Å²) in [4.78, 5) is 2.53. The number of aliphatic hydroxyl groups is 1. The number of rotatable bonds is 2. The van der Waals surface area contributed by atoms with Gasteiger partial charge in [0.15, 0.2) is 0 Å². The number of thioether (sulfide) groups is 1. The van der Waals surface area contributed by atoms with Gasteiger partial charge in [-0.2, -0.15) is 0 Å². The fourth-order valence-corrected chi connectivity index (χ4v) is 2.99. The van der Waals surface area contributed by atoms with E-state index in [4.69, 9.17) is 5.11 Å². The van der Waals surface area contributed by atoms with Crippen LogP contribution in [0.1, 0.15) is 13.3 Å². The Morgan fingerprint density at radius 2 is 2.45 bits per heavy atom. The lowest BCUT2D eigenvalue weighted by molar-refractivity contribution is 0.226. The second kappa shape index (κ2) is 2.96. The van der Waals surface area contributed by atoms with Crippen molar-refractivity contribution >= 4 is 11.8 Å². The zero-order chi connectivity index (χ0) is 7.84. The summed E-state index contributed by atoms with van der Waals surface area (Å²) >= 11 is 2.03. The molecule has 11 heavy (non-hydrogen) atoms. The van der Waals surface area contributed by atoms with Crippen LogP contribution in [0.15, 0.2) is 0 Å². The van der Waals surface area contributed by atoms with Gasteiger partial charge < -0.3 is 5.11 Å². The van der Waals surface area contributed by atoms with Crippen molar-refractivity contribution in [3.05, 3.63) is 0 Å². The lowest BCUT2D eigenvalue weighted by atomic mass is 10.4. The van der Waals surface area contributed by atoms with E-state index in [1.807, 2.05) is 11.8 Å². The molecule has 2 aliphatic rings. The van der Waals surface area contributed by atoms with Crippen molar-refractivity contribution in [3.63, 3.8) is 0 Å². The van der Waals surface area contributed by atoms with E-state index in [1.165, 1.54) is 18.7 Å². The van der Waals surface area contributed by atoms with E-state index >= 15 is 0 Å². The van der Waals surface area contributed by atoms with Crippen molar-refractivity contribution in [2.24, 2.45) is 5.92 Å². The van der Waals surface area contributed by atoms with E-state index in [1.54, 1.807) is 0 Å². The fourth-order valence-electron chi connectivity index (χ4n) is 1.88. The van der Waals surface area contributed by atoms with E-state index in [2.05, 4.69) is 11.8 Å². The van der Waals surface area contributed by atoms with Crippen molar-refractivity contribution in [2.75, 3.05) is 18.9 Å². The Balaban J connectivity index is 1.86. The summed E-state index contributed by atoms with van der Waals surface area (Å²) in [6.45, 7) is 3.88. The summed E-state index contributed by atoms with van der Waals surface area (Å²) < 4.78 is 0. The fraction of sp³-hybridized carbons (Fsp3) is 1.00. The van der Waals surface area contributed by atoms with Gasteiger partial charge in [-0.1, -0.05) is 0 Å². The highest BCUT2D eigenvalue weighted by Gasteiger charge is 2.44. The molecule has 1 aliphatic heterocycles. The lowest BCUT2D eigenvalue weighted by Gasteiger charge is -2.19. The van der Waals surface area contributed by atoms with Crippen molar-refractivity contribution in [2.45, 2.75) is 24.8 Å². The van der Waals surface area contributed by atoms with Gasteiger partial charge >= 0.3 is 0 Å². The molecule has 3 heteroatoms. The first kappa shape index (κ1) is 7.90. The quantitative estimate of drug-likeness (QED) is 0.667. The average Bonchev–Trinajstić information content (AvgIpc) is 2.68. The van der Waals surface area contributed by atoms with Crippen molar-refractivity contribution in [1.82, 2.24) is 4.90 Å². The molecule has 3 atom stereocenters. The lowest BCUT2D eigenvalue weighted by Crippen LogP contribution is -2.30. The topological polar surface area (TPSA) is 23.5 Å². The van der Waals surface area contributed by atoms with Crippen LogP contribution in [0.4, 0.5) is 0 Å². The minimum Gasteiger partial charge on any atom is -0.396 e. The largest absolute Gasteiger partial charge is 0.396 e. The molecule has 0 spiro atoms. The number of nitrogens with zero attached hydrogens (tertiary/aromatic N) is 1. The molecule has 0 aromatic heterocycles. The first-order valence-corrected chi connectivity index (χ1v) is 5.36. The first-order chi connectivity index (χ1) is 5.33. The molecule has 0 radical (unpaired) electrons. The predicted molar refractivity (Wildman–Crippen MR) is 47.6 cm³/mol. The summed E-state index contributed by atoms with van der Waals surface area (Å²) in [7, 11) is 0. The molecule has 1 saturated heterocycles. The maximum Gasteiger partial charge on any atom is 0.0532 e. The van der Waals surface area contributed by atoms with Crippen LogP contribution in [0.5, 0.6) is 0 Å². The minimum atomic E-state index is 0.387. The Bertz CT molecular complexity index is 153. The summed E-state index contributed by atoms with van der Waals surface area (Å²) in [5.41, 5.74) is 0. The standard InChI is InChI=1S/C8H15NOS/c1-6-9(2-3-11-6)8-4-7(8)5-10/h6-8,10H,2-5H2,1H3. The van der Waals surface area contributed by atoms with Crippen LogP contribution in [-0.4, -0.2) is 40.3 Å². The zero-order valence-electron chi connectivity index (χ0n) is 6.86. The summed E-state index contributed by atoms with van der Waals surface area (Å²) in [5.74, 6) is 1.87. The zero-order valence-corrected chi connectivity index (χ0v) is 7.68. The molecule has 0 aromatic carbocycles. The summed E-state index contributed by atoms with van der Waals surface area (Å²) in [5, 5.41) is 9.58. The molecule has 1 N–H and O–H groups in total. The van der Waals surface area contributed by atoms with Crippen molar-refractivity contribution in [3.8, 4) is 0 Å². The van der Waals surface area contributed by atoms with Crippen molar-refractivity contribution in [1.29, 1.82) is 0 Å². The molecule has 0 bridgehead atoms. The third-order valence-electron chi connectivity index (χ3n) is 2.72. The van der Waals surface area contributed by atoms with Crippen molar-refractivity contribution < 1.29 is 5.11 Å². The number of hydrogen-bond donors (Lipinski definition) is 1. The van der Waals surface area contributed by atoms with Gasteiger partial charge in [0.05, 0.1) is 5.37 Å². The molecule has 64 valence electrons. The van der Waals surface area contributed by atoms with Gasteiger partial charge in [-0.15, -0.1) is 11.8 Å². The number of hydrogen-bond acceptors (Lipinski definition) is 3. The van der Waals surface area contributed by atoms with E-state index < -0.39 is 0 Å². The Kier molecular flexibility index (Phi) is 2.12. The predicted octanol–water partition coefficient (Wildman–Crippen LogP) is 0.762. The SMILES string of the molecule is CC1SCCN1C1CC1CO. The average molecular weight is 173 g/mol. The molecule has 0 aromatic rings. The van der Waals surface area contributed by atoms with Crippen LogP contribution in [0.2, 0.25) is 0 Å². The molecule has 2 rings (SSSR count). The van der Waals surface area contributed by atoms with Gasteiger partial charge in [-0.05, 0) is 19.3 Å². The Morgan fingerprint density at radius 3 is 2.91 bits per heavy atom. The second-order valence-electron chi connectivity index (χ2n) is 3.45. The van der Waals surface area contributed by atoms with Gasteiger partial charge in [0, 0.05) is 24.9 Å².